The quantitative estimate of drug-likeness (QED) is 0.577. The summed E-state index contributed by atoms with van der Waals surface area (Å²) in [4.78, 5) is 35.4. The average Bonchev–Trinajstić information content (AvgIpc) is 2.32. The van der Waals surface area contributed by atoms with Gasteiger partial charge in [0.1, 0.15) is 12.0 Å². The van der Waals surface area contributed by atoms with E-state index in [9.17, 15) is 14.4 Å². The summed E-state index contributed by atoms with van der Waals surface area (Å²) < 4.78 is 9.90. The summed E-state index contributed by atoms with van der Waals surface area (Å²) in [5.41, 5.74) is -0.645. The maximum Gasteiger partial charge on any atom is 0.408 e. The Labute approximate surface area is 126 Å². The van der Waals surface area contributed by atoms with Crippen molar-refractivity contribution in [3.05, 3.63) is 0 Å². The normalized spacial score (nSPS) is 14.0. The Hall–Kier alpha value is -1.59. The first-order chi connectivity index (χ1) is 9.60. The van der Waals surface area contributed by atoms with Crippen LogP contribution >= 0.6 is 0 Å². The smallest absolute Gasteiger partial charge is 0.408 e. The average molecular weight is 301 g/mol. The largest absolute Gasteiger partial charge is 0.466 e. The van der Waals surface area contributed by atoms with Crippen LogP contribution in [0, 0.1) is 5.92 Å². The van der Waals surface area contributed by atoms with Crippen molar-refractivity contribution >= 4 is 17.8 Å². The van der Waals surface area contributed by atoms with Crippen molar-refractivity contribution in [3.8, 4) is 0 Å². The molecule has 0 fully saturated rings. The van der Waals surface area contributed by atoms with Crippen molar-refractivity contribution in [1.29, 1.82) is 0 Å². The Kier molecular flexibility index (Phi) is 7.99. The minimum absolute atomic E-state index is 0.0977. The van der Waals surface area contributed by atoms with Crippen molar-refractivity contribution in [1.82, 2.24) is 5.32 Å². The van der Waals surface area contributed by atoms with Crippen LogP contribution < -0.4 is 5.32 Å². The number of nitrogens with one attached hydrogen (secondary N) is 1. The van der Waals surface area contributed by atoms with Gasteiger partial charge in [0.15, 0.2) is 5.78 Å². The van der Waals surface area contributed by atoms with E-state index in [0.29, 0.717) is 6.42 Å². The Morgan fingerprint density at radius 3 is 2.14 bits per heavy atom. The first-order valence-electron chi connectivity index (χ1n) is 7.28. The summed E-state index contributed by atoms with van der Waals surface area (Å²) in [6.07, 6.45) is -0.321. The van der Waals surface area contributed by atoms with Gasteiger partial charge in [-0.3, -0.25) is 9.59 Å². The fourth-order valence-corrected chi connectivity index (χ4v) is 1.67. The number of rotatable bonds is 7. The van der Waals surface area contributed by atoms with E-state index in [0.717, 1.165) is 0 Å². The SMILES string of the molecule is CCOC(=O)CC(=O)[C@@H](NC(=O)OC(C)(C)C)C(C)CC. The minimum Gasteiger partial charge on any atom is -0.466 e. The third-order valence-electron chi connectivity index (χ3n) is 2.86. The topological polar surface area (TPSA) is 81.7 Å². The minimum atomic E-state index is -0.755. The highest BCUT2D eigenvalue weighted by Gasteiger charge is 2.29. The molecule has 0 aromatic heterocycles. The summed E-state index contributed by atoms with van der Waals surface area (Å²) in [6, 6.07) is -0.755. The van der Waals surface area contributed by atoms with E-state index in [2.05, 4.69) is 5.32 Å². The predicted octanol–water partition coefficient (Wildman–Crippen LogP) is 2.45. The molecule has 0 rings (SSSR count). The van der Waals surface area contributed by atoms with Gasteiger partial charge in [-0.05, 0) is 33.6 Å². The molecule has 6 nitrogen and oxygen atoms in total. The van der Waals surface area contributed by atoms with Crippen LogP contribution in [-0.2, 0) is 19.1 Å². The van der Waals surface area contributed by atoms with Crippen LogP contribution in [0.2, 0.25) is 0 Å². The number of ether oxygens (including phenoxy) is 2. The van der Waals surface area contributed by atoms with Crippen LogP contribution in [0.25, 0.3) is 0 Å². The standard InChI is InChI=1S/C15H27NO5/c1-7-10(3)13(11(17)9-12(18)20-8-2)16-14(19)21-15(4,5)6/h10,13H,7-9H2,1-6H3,(H,16,19)/t10?,13-/m0/s1. The van der Waals surface area contributed by atoms with Gasteiger partial charge >= 0.3 is 12.1 Å². The lowest BCUT2D eigenvalue weighted by molar-refractivity contribution is -0.146. The fraction of sp³-hybridized carbons (Fsp3) is 0.800. The van der Waals surface area contributed by atoms with E-state index in [1.165, 1.54) is 0 Å². The molecule has 6 heteroatoms. The zero-order chi connectivity index (χ0) is 16.6. The molecular weight excluding hydrogens is 274 g/mol. The second kappa shape index (κ2) is 8.64. The lowest BCUT2D eigenvalue weighted by Crippen LogP contribution is -2.47. The lowest BCUT2D eigenvalue weighted by atomic mass is 9.94. The van der Waals surface area contributed by atoms with Crippen LogP contribution in [0.5, 0.6) is 0 Å². The van der Waals surface area contributed by atoms with Crippen molar-refractivity contribution in [2.75, 3.05) is 6.61 Å². The molecule has 21 heavy (non-hydrogen) atoms. The van der Waals surface area contributed by atoms with Gasteiger partial charge in [-0.1, -0.05) is 20.3 Å². The molecule has 2 atom stereocenters. The Morgan fingerprint density at radius 2 is 1.71 bits per heavy atom. The summed E-state index contributed by atoms with van der Waals surface area (Å²) in [5, 5.41) is 2.55. The molecule has 0 radical (unpaired) electrons. The molecular formula is C15H27NO5. The molecule has 1 amide bonds. The number of ketones is 1. The molecule has 0 saturated carbocycles. The second-order valence-electron chi connectivity index (χ2n) is 5.96. The number of hydrogen-bond donors (Lipinski definition) is 1. The third kappa shape index (κ3) is 8.32. The molecule has 0 spiro atoms. The van der Waals surface area contributed by atoms with Crippen LogP contribution in [0.4, 0.5) is 4.79 Å². The molecule has 122 valence electrons. The number of carbonyl (C=O) groups excluding carboxylic acids is 3. The van der Waals surface area contributed by atoms with Crippen molar-refractivity contribution in [2.24, 2.45) is 5.92 Å². The van der Waals surface area contributed by atoms with Crippen molar-refractivity contribution < 1.29 is 23.9 Å². The summed E-state index contributed by atoms with van der Waals surface area (Å²) in [5.74, 6) is -1.05. The number of hydrogen-bond acceptors (Lipinski definition) is 5. The molecule has 1 N–H and O–H groups in total. The highest BCUT2D eigenvalue weighted by molar-refractivity contribution is 5.99. The highest BCUT2D eigenvalue weighted by Crippen LogP contribution is 2.13. The number of esters is 1. The predicted molar refractivity (Wildman–Crippen MR) is 78.9 cm³/mol. The maximum atomic E-state index is 12.2. The highest BCUT2D eigenvalue weighted by atomic mass is 16.6. The van der Waals surface area contributed by atoms with Crippen LogP contribution in [0.3, 0.4) is 0 Å². The van der Waals surface area contributed by atoms with Gasteiger partial charge in [0, 0.05) is 0 Å². The van der Waals surface area contributed by atoms with E-state index >= 15 is 0 Å². The van der Waals surface area contributed by atoms with Crippen LogP contribution in [0.15, 0.2) is 0 Å². The summed E-state index contributed by atoms with van der Waals surface area (Å²) >= 11 is 0. The number of Topliss-reactive ketones (excluding diaryl/α,β-unsaturated/α-hetero) is 1. The number of amides is 1. The zero-order valence-corrected chi connectivity index (χ0v) is 13.8. The monoisotopic (exact) mass is 301 g/mol. The van der Waals surface area contributed by atoms with Gasteiger partial charge in [-0.15, -0.1) is 0 Å². The molecule has 0 bridgehead atoms. The Bertz CT molecular complexity index is 373. The molecule has 0 heterocycles. The molecule has 0 aliphatic carbocycles. The first-order valence-corrected chi connectivity index (χ1v) is 7.28. The number of alkyl carbamates (subject to hydrolysis) is 1. The van der Waals surface area contributed by atoms with Crippen LogP contribution in [-0.4, -0.2) is 36.1 Å². The maximum absolute atomic E-state index is 12.2. The van der Waals surface area contributed by atoms with Gasteiger partial charge in [0.05, 0.1) is 12.6 Å². The molecule has 1 unspecified atom stereocenters. The van der Waals surface area contributed by atoms with E-state index in [1.54, 1.807) is 27.7 Å². The molecule has 0 aliphatic heterocycles. The molecule has 0 aliphatic rings. The summed E-state index contributed by atoms with van der Waals surface area (Å²) in [7, 11) is 0. The lowest BCUT2D eigenvalue weighted by Gasteiger charge is -2.25. The Morgan fingerprint density at radius 1 is 1.14 bits per heavy atom. The van der Waals surface area contributed by atoms with Crippen molar-refractivity contribution in [2.45, 2.75) is 66.0 Å². The molecule has 0 saturated heterocycles. The fourth-order valence-electron chi connectivity index (χ4n) is 1.67. The summed E-state index contributed by atoms with van der Waals surface area (Å²) in [6.45, 7) is 10.9. The number of carbonyl (C=O) groups is 3. The Balaban J connectivity index is 4.76. The van der Waals surface area contributed by atoms with Gasteiger partial charge < -0.3 is 14.8 Å². The second-order valence-corrected chi connectivity index (χ2v) is 5.96. The van der Waals surface area contributed by atoms with E-state index < -0.39 is 23.7 Å². The first kappa shape index (κ1) is 19.4. The van der Waals surface area contributed by atoms with Gasteiger partial charge in [-0.2, -0.15) is 0 Å². The van der Waals surface area contributed by atoms with Crippen LogP contribution in [0.1, 0.15) is 54.4 Å². The third-order valence-corrected chi connectivity index (χ3v) is 2.86. The van der Waals surface area contributed by atoms with Gasteiger partial charge in [-0.25, -0.2) is 4.79 Å². The van der Waals surface area contributed by atoms with Crippen molar-refractivity contribution in [3.63, 3.8) is 0 Å². The molecule has 0 aromatic carbocycles. The van der Waals surface area contributed by atoms with E-state index in [-0.39, 0.29) is 24.7 Å². The van der Waals surface area contributed by atoms with Gasteiger partial charge in [0.2, 0.25) is 0 Å². The zero-order valence-electron chi connectivity index (χ0n) is 13.8. The van der Waals surface area contributed by atoms with E-state index in [4.69, 9.17) is 9.47 Å². The molecule has 0 aromatic rings. The van der Waals surface area contributed by atoms with Gasteiger partial charge in [0.25, 0.3) is 0 Å². The van der Waals surface area contributed by atoms with E-state index in [1.807, 2.05) is 13.8 Å².